The first-order chi connectivity index (χ1) is 10.1. The molecule has 1 aromatic carbocycles. The normalized spacial score (nSPS) is 14.8. The van der Waals surface area contributed by atoms with E-state index in [1.54, 1.807) is 0 Å². The zero-order chi connectivity index (χ0) is 15.0. The van der Waals surface area contributed by atoms with Gasteiger partial charge in [0.25, 0.3) is 0 Å². The zero-order valence-electron chi connectivity index (χ0n) is 12.6. The number of ether oxygens (including phenoxy) is 1. The van der Waals surface area contributed by atoms with Gasteiger partial charge in [0.15, 0.2) is 5.82 Å². The summed E-state index contributed by atoms with van der Waals surface area (Å²) in [5, 5.41) is 8.23. The van der Waals surface area contributed by atoms with Crippen LogP contribution in [0.3, 0.4) is 0 Å². The van der Waals surface area contributed by atoms with E-state index < -0.39 is 0 Å². The minimum Gasteiger partial charge on any atom is -0.424 e. The molecule has 21 heavy (non-hydrogen) atoms. The first kappa shape index (κ1) is 13.8. The number of benzene rings is 1. The number of hydrogen-bond acceptors (Lipinski definition) is 4. The summed E-state index contributed by atoms with van der Waals surface area (Å²) >= 11 is 0. The van der Waals surface area contributed by atoms with E-state index in [4.69, 9.17) is 10.5 Å². The minimum atomic E-state index is -0.166. The molecular formula is C16H20N4O. The molecule has 5 heteroatoms. The van der Waals surface area contributed by atoms with Gasteiger partial charge < -0.3 is 10.5 Å². The zero-order valence-corrected chi connectivity index (χ0v) is 12.6. The van der Waals surface area contributed by atoms with Crippen molar-refractivity contribution in [1.29, 1.82) is 0 Å². The Balaban J connectivity index is 1.89. The monoisotopic (exact) mass is 284 g/mol. The Labute approximate surface area is 124 Å². The van der Waals surface area contributed by atoms with Crippen molar-refractivity contribution < 1.29 is 4.74 Å². The maximum atomic E-state index is 5.90. The number of nitrogens with zero attached hydrogens (tertiary/aromatic N) is 3. The molecule has 0 unspecified atom stereocenters. The van der Waals surface area contributed by atoms with Crippen molar-refractivity contribution in [3.8, 4) is 11.8 Å². The van der Waals surface area contributed by atoms with Crippen molar-refractivity contribution >= 4 is 6.08 Å². The van der Waals surface area contributed by atoms with Crippen molar-refractivity contribution in [2.24, 2.45) is 5.73 Å². The van der Waals surface area contributed by atoms with Gasteiger partial charge >= 0.3 is 6.01 Å². The summed E-state index contributed by atoms with van der Waals surface area (Å²) in [6, 6.07) is 6.46. The third-order valence-corrected chi connectivity index (χ3v) is 3.67. The maximum Gasteiger partial charge on any atom is 0.322 e. The number of nitrogens with two attached hydrogens (primary N) is 1. The summed E-state index contributed by atoms with van der Waals surface area (Å²) < 4.78 is 7.80. The first-order valence-corrected chi connectivity index (χ1v) is 7.25. The van der Waals surface area contributed by atoms with Crippen LogP contribution in [0.15, 0.2) is 23.8 Å². The van der Waals surface area contributed by atoms with Gasteiger partial charge in [0.05, 0.1) is 6.04 Å². The van der Waals surface area contributed by atoms with Crippen LogP contribution in [0, 0.1) is 0 Å². The van der Waals surface area contributed by atoms with Crippen LogP contribution in [0.5, 0.6) is 11.8 Å². The third kappa shape index (κ3) is 2.56. The Hall–Kier alpha value is -2.14. The fraction of sp³-hybridized carbons (Fsp3) is 0.375. The van der Waals surface area contributed by atoms with Crippen molar-refractivity contribution in [3.05, 3.63) is 40.7 Å². The van der Waals surface area contributed by atoms with E-state index in [9.17, 15) is 0 Å². The molecule has 1 aromatic heterocycles. The predicted molar refractivity (Wildman–Crippen MR) is 82.2 cm³/mol. The summed E-state index contributed by atoms with van der Waals surface area (Å²) in [5.41, 5.74) is 9.84. The highest BCUT2D eigenvalue weighted by Crippen LogP contribution is 2.30. The lowest BCUT2D eigenvalue weighted by Gasteiger charge is -2.10. The average molecular weight is 284 g/mol. The molecular weight excluding hydrogens is 264 g/mol. The van der Waals surface area contributed by atoms with Crippen LogP contribution in [0.25, 0.3) is 6.08 Å². The summed E-state index contributed by atoms with van der Waals surface area (Å²) in [6.07, 6.45) is 3.22. The van der Waals surface area contributed by atoms with E-state index in [-0.39, 0.29) is 6.04 Å². The molecule has 0 radical (unpaired) electrons. The standard InChI is InChI=1S/C16H20N4O/c1-4-20-15(11(3)17)18-19-16(20)21-14-6-5-12-7-10(2)8-13(12)9-14/h5-6,8-9,11H,4,7,17H2,1-3H3/t11-/m1/s1. The Bertz CT molecular complexity index is 700. The third-order valence-electron chi connectivity index (χ3n) is 3.67. The van der Waals surface area contributed by atoms with E-state index >= 15 is 0 Å². The molecule has 2 aromatic rings. The van der Waals surface area contributed by atoms with Gasteiger partial charge in [0, 0.05) is 6.54 Å². The van der Waals surface area contributed by atoms with Crippen molar-refractivity contribution in [1.82, 2.24) is 14.8 Å². The van der Waals surface area contributed by atoms with Crippen LogP contribution < -0.4 is 10.5 Å². The van der Waals surface area contributed by atoms with Crippen LogP contribution in [0.2, 0.25) is 0 Å². The lowest BCUT2D eigenvalue weighted by Crippen LogP contribution is -2.13. The second kappa shape index (κ2) is 5.33. The topological polar surface area (TPSA) is 66.0 Å². The second-order valence-corrected chi connectivity index (χ2v) is 5.50. The molecule has 5 nitrogen and oxygen atoms in total. The Kier molecular flexibility index (Phi) is 3.51. The summed E-state index contributed by atoms with van der Waals surface area (Å²) in [7, 11) is 0. The number of allylic oxidation sites excluding steroid dienone is 1. The molecule has 3 rings (SSSR count). The van der Waals surface area contributed by atoms with Gasteiger partial charge in [-0.05, 0) is 50.5 Å². The number of rotatable bonds is 4. The van der Waals surface area contributed by atoms with E-state index in [1.165, 1.54) is 16.7 Å². The van der Waals surface area contributed by atoms with E-state index in [0.717, 1.165) is 24.5 Å². The first-order valence-electron chi connectivity index (χ1n) is 7.25. The molecule has 2 N–H and O–H groups in total. The Morgan fingerprint density at radius 2 is 2.19 bits per heavy atom. The predicted octanol–water partition coefficient (Wildman–Crippen LogP) is 3.07. The molecule has 1 aliphatic carbocycles. The van der Waals surface area contributed by atoms with E-state index in [1.807, 2.05) is 30.5 Å². The lowest BCUT2D eigenvalue weighted by molar-refractivity contribution is 0.409. The molecule has 0 fully saturated rings. The number of hydrogen-bond donors (Lipinski definition) is 1. The molecule has 0 aliphatic heterocycles. The second-order valence-electron chi connectivity index (χ2n) is 5.50. The van der Waals surface area contributed by atoms with Gasteiger partial charge in [0.1, 0.15) is 5.75 Å². The number of aromatic nitrogens is 3. The smallest absolute Gasteiger partial charge is 0.322 e. The number of fused-ring (bicyclic) bond motifs is 1. The van der Waals surface area contributed by atoms with Crippen LogP contribution in [-0.2, 0) is 13.0 Å². The minimum absolute atomic E-state index is 0.166. The summed E-state index contributed by atoms with van der Waals surface area (Å²) in [5.74, 6) is 1.52. The van der Waals surface area contributed by atoms with Crippen LogP contribution in [0.4, 0.5) is 0 Å². The summed E-state index contributed by atoms with van der Waals surface area (Å²) in [6.45, 7) is 6.78. The Morgan fingerprint density at radius 3 is 2.90 bits per heavy atom. The molecule has 0 spiro atoms. The van der Waals surface area contributed by atoms with E-state index in [2.05, 4.69) is 29.3 Å². The molecule has 0 saturated carbocycles. The highest BCUT2D eigenvalue weighted by atomic mass is 16.5. The van der Waals surface area contributed by atoms with Gasteiger partial charge in [-0.25, -0.2) is 0 Å². The molecule has 1 atom stereocenters. The molecule has 110 valence electrons. The average Bonchev–Trinajstić information content (AvgIpc) is 3.00. The quantitative estimate of drug-likeness (QED) is 0.937. The van der Waals surface area contributed by atoms with Crippen LogP contribution >= 0.6 is 0 Å². The molecule has 0 amide bonds. The van der Waals surface area contributed by atoms with Crippen LogP contribution in [-0.4, -0.2) is 14.8 Å². The fourth-order valence-electron chi connectivity index (χ4n) is 2.66. The van der Waals surface area contributed by atoms with Gasteiger partial charge in [-0.1, -0.05) is 22.8 Å². The largest absolute Gasteiger partial charge is 0.424 e. The lowest BCUT2D eigenvalue weighted by atomic mass is 10.1. The van der Waals surface area contributed by atoms with Gasteiger partial charge in [0.2, 0.25) is 0 Å². The fourth-order valence-corrected chi connectivity index (χ4v) is 2.66. The highest BCUT2D eigenvalue weighted by molar-refractivity contribution is 5.64. The van der Waals surface area contributed by atoms with Crippen molar-refractivity contribution in [3.63, 3.8) is 0 Å². The molecule has 1 aliphatic rings. The molecule has 1 heterocycles. The SMILES string of the molecule is CCn1c(Oc2ccc3c(c2)C=C(C)C3)nnc1[C@@H](C)N. The van der Waals surface area contributed by atoms with Gasteiger partial charge in [-0.3, -0.25) is 4.57 Å². The van der Waals surface area contributed by atoms with Crippen molar-refractivity contribution in [2.45, 2.75) is 39.8 Å². The maximum absolute atomic E-state index is 5.90. The van der Waals surface area contributed by atoms with E-state index in [0.29, 0.717) is 6.01 Å². The molecule has 0 saturated heterocycles. The van der Waals surface area contributed by atoms with Crippen LogP contribution in [0.1, 0.15) is 43.8 Å². The summed E-state index contributed by atoms with van der Waals surface area (Å²) in [4.78, 5) is 0. The molecule has 0 bridgehead atoms. The van der Waals surface area contributed by atoms with Crippen molar-refractivity contribution in [2.75, 3.05) is 0 Å². The van der Waals surface area contributed by atoms with Gasteiger partial charge in [-0.2, -0.15) is 0 Å². The highest BCUT2D eigenvalue weighted by Gasteiger charge is 2.16. The Morgan fingerprint density at radius 1 is 1.38 bits per heavy atom. The van der Waals surface area contributed by atoms with Gasteiger partial charge in [-0.15, -0.1) is 5.10 Å².